The van der Waals surface area contributed by atoms with E-state index in [0.29, 0.717) is 48.1 Å². The van der Waals surface area contributed by atoms with Crippen LogP contribution < -0.4 is 10.1 Å². The lowest BCUT2D eigenvalue weighted by atomic mass is 10.0. The molecule has 0 unspecified atom stereocenters. The molecule has 3 aromatic rings. The van der Waals surface area contributed by atoms with Crippen LogP contribution in [-0.2, 0) is 20.7 Å². The lowest BCUT2D eigenvalue weighted by molar-refractivity contribution is -0.116. The second-order valence-electron chi connectivity index (χ2n) is 9.07. The molecule has 0 spiro atoms. The molecule has 2 fully saturated rings. The molecule has 0 amide bonds. The number of likely N-dealkylation sites (tertiary alicyclic amines) is 1. The topological polar surface area (TPSA) is 85.8 Å². The maximum Gasteiger partial charge on any atom is 0.159 e. The van der Waals surface area contributed by atoms with Crippen molar-refractivity contribution in [2.45, 2.75) is 25.6 Å². The number of benzene rings is 2. The number of nitrogens with zero attached hydrogens (tertiary/aromatic N) is 3. The molecule has 5 rings (SSSR count). The Hall–Kier alpha value is -3.40. The van der Waals surface area contributed by atoms with Crippen LogP contribution in [0.2, 0.25) is 0 Å². The van der Waals surface area contributed by atoms with Crippen molar-refractivity contribution in [1.29, 1.82) is 0 Å². The molecule has 9 heteroatoms. The molecule has 2 aromatic carbocycles. The Labute approximate surface area is 209 Å². The highest BCUT2D eigenvalue weighted by atomic mass is 19.1. The van der Waals surface area contributed by atoms with Gasteiger partial charge in [0, 0.05) is 48.8 Å². The minimum atomic E-state index is -0.267. The van der Waals surface area contributed by atoms with E-state index in [1.54, 1.807) is 38.3 Å². The van der Waals surface area contributed by atoms with E-state index in [-0.39, 0.29) is 30.2 Å². The second kappa shape index (κ2) is 10.7. The zero-order valence-corrected chi connectivity index (χ0v) is 20.4. The lowest BCUT2D eigenvalue weighted by Gasteiger charge is -2.24. The number of methoxy groups -OCH3 is 1. The number of carbonyl (C=O) groups is 1. The molecule has 0 radical (unpaired) electrons. The first-order valence-corrected chi connectivity index (χ1v) is 12.0. The maximum atomic E-state index is 13.7. The highest BCUT2D eigenvalue weighted by Gasteiger charge is 2.35. The van der Waals surface area contributed by atoms with Crippen LogP contribution in [0.5, 0.6) is 5.75 Å². The number of rotatable bonds is 8. The van der Waals surface area contributed by atoms with Crippen molar-refractivity contribution in [3.8, 4) is 5.75 Å². The molecule has 36 heavy (non-hydrogen) atoms. The van der Waals surface area contributed by atoms with Gasteiger partial charge in [0.15, 0.2) is 5.78 Å². The van der Waals surface area contributed by atoms with E-state index in [0.717, 1.165) is 24.0 Å². The number of ketones is 1. The van der Waals surface area contributed by atoms with Crippen molar-refractivity contribution in [2.24, 2.45) is 0 Å². The van der Waals surface area contributed by atoms with Crippen LogP contribution in [0.4, 0.5) is 15.9 Å². The van der Waals surface area contributed by atoms with Gasteiger partial charge in [-0.3, -0.25) is 9.69 Å². The molecule has 2 aliphatic heterocycles. The zero-order chi connectivity index (χ0) is 25.1. The molecule has 8 nitrogen and oxygen atoms in total. The Kier molecular flexibility index (Phi) is 7.22. The number of allylic oxidation sites excluding steroid dienone is 1. The maximum absolute atomic E-state index is 13.7. The summed E-state index contributed by atoms with van der Waals surface area (Å²) in [7, 11) is 1.57. The fourth-order valence-electron chi connectivity index (χ4n) is 4.68. The average molecular weight is 493 g/mol. The minimum absolute atomic E-state index is 0.0303. The van der Waals surface area contributed by atoms with Crippen LogP contribution in [0.15, 0.2) is 48.8 Å². The van der Waals surface area contributed by atoms with Gasteiger partial charge in [-0.2, -0.15) is 0 Å². The Morgan fingerprint density at radius 2 is 1.97 bits per heavy atom. The molecular formula is C27H29FN4O4. The number of nitrogens with one attached hydrogen (secondary N) is 1. The fourth-order valence-corrected chi connectivity index (χ4v) is 4.68. The van der Waals surface area contributed by atoms with Crippen molar-refractivity contribution in [3.05, 3.63) is 65.8 Å². The first-order valence-electron chi connectivity index (χ1n) is 12.0. The summed E-state index contributed by atoms with van der Waals surface area (Å²) in [5.74, 6) is 0.857. The molecule has 0 aliphatic carbocycles. The van der Waals surface area contributed by atoms with Gasteiger partial charge < -0.3 is 19.5 Å². The second-order valence-corrected chi connectivity index (χ2v) is 9.07. The average Bonchev–Trinajstić information content (AvgIpc) is 3.29. The number of anilines is 2. The van der Waals surface area contributed by atoms with Gasteiger partial charge in [0.2, 0.25) is 0 Å². The van der Waals surface area contributed by atoms with E-state index in [1.165, 1.54) is 12.4 Å². The number of fused-ring (bicyclic) bond motifs is 2. The first kappa shape index (κ1) is 24.3. The van der Waals surface area contributed by atoms with Crippen molar-refractivity contribution in [2.75, 3.05) is 45.3 Å². The normalized spacial score (nSPS) is 20.1. The highest BCUT2D eigenvalue weighted by molar-refractivity contribution is 5.96. The van der Waals surface area contributed by atoms with Gasteiger partial charge in [-0.15, -0.1) is 0 Å². The SMILES string of the molecule is COc1cc2ncnc(Nc3ccc(F)c(C)c3)c2cc1CC(=O)/C=C/CN1C[C@@H]2OCCO[C@@H]2C1. The summed E-state index contributed by atoms with van der Waals surface area (Å²) in [6.45, 7) is 5.28. The summed E-state index contributed by atoms with van der Waals surface area (Å²) in [4.78, 5) is 23.7. The Morgan fingerprint density at radius 1 is 1.19 bits per heavy atom. The van der Waals surface area contributed by atoms with Gasteiger partial charge in [-0.05, 0) is 42.8 Å². The van der Waals surface area contributed by atoms with Crippen LogP contribution >= 0.6 is 0 Å². The van der Waals surface area contributed by atoms with Crippen molar-refractivity contribution >= 4 is 28.2 Å². The number of aromatic nitrogens is 2. The summed E-state index contributed by atoms with van der Waals surface area (Å²) < 4.78 is 30.7. The quantitative estimate of drug-likeness (QED) is 0.478. The van der Waals surface area contributed by atoms with Gasteiger partial charge in [-0.1, -0.05) is 6.08 Å². The van der Waals surface area contributed by atoms with Crippen molar-refractivity contribution in [3.63, 3.8) is 0 Å². The largest absolute Gasteiger partial charge is 0.496 e. The van der Waals surface area contributed by atoms with Gasteiger partial charge >= 0.3 is 0 Å². The molecule has 2 aliphatic rings. The van der Waals surface area contributed by atoms with Gasteiger partial charge in [0.25, 0.3) is 0 Å². The summed E-state index contributed by atoms with van der Waals surface area (Å²) in [5, 5.41) is 3.98. The molecule has 2 atom stereocenters. The van der Waals surface area contributed by atoms with Gasteiger partial charge in [-0.25, -0.2) is 14.4 Å². The van der Waals surface area contributed by atoms with E-state index >= 15 is 0 Å². The molecule has 2 saturated heterocycles. The third-order valence-electron chi connectivity index (χ3n) is 6.53. The number of hydrogen-bond acceptors (Lipinski definition) is 8. The first-order chi connectivity index (χ1) is 17.5. The molecule has 0 bridgehead atoms. The van der Waals surface area contributed by atoms with E-state index in [1.807, 2.05) is 12.1 Å². The zero-order valence-electron chi connectivity index (χ0n) is 20.4. The molecule has 1 N–H and O–H groups in total. The minimum Gasteiger partial charge on any atom is -0.496 e. The molecule has 0 saturated carbocycles. The Balaban J connectivity index is 1.30. The summed E-state index contributed by atoms with van der Waals surface area (Å²) in [6.07, 6.45) is 5.38. The monoisotopic (exact) mass is 492 g/mol. The number of hydrogen-bond donors (Lipinski definition) is 1. The molecule has 1 aromatic heterocycles. The van der Waals surface area contributed by atoms with Crippen LogP contribution in [-0.4, -0.2) is 72.8 Å². The van der Waals surface area contributed by atoms with Crippen molar-refractivity contribution in [1.82, 2.24) is 14.9 Å². The van der Waals surface area contributed by atoms with Crippen LogP contribution in [0.3, 0.4) is 0 Å². The van der Waals surface area contributed by atoms with E-state index in [9.17, 15) is 9.18 Å². The Bertz CT molecular complexity index is 1280. The lowest BCUT2D eigenvalue weighted by Crippen LogP contribution is -2.36. The van der Waals surface area contributed by atoms with Crippen LogP contribution in [0.25, 0.3) is 10.9 Å². The number of ether oxygens (including phenoxy) is 3. The molecule has 3 heterocycles. The third-order valence-corrected chi connectivity index (χ3v) is 6.53. The summed E-state index contributed by atoms with van der Waals surface area (Å²) >= 11 is 0. The number of carbonyl (C=O) groups excluding carboxylic acids is 1. The van der Waals surface area contributed by atoms with E-state index in [4.69, 9.17) is 14.2 Å². The van der Waals surface area contributed by atoms with Crippen molar-refractivity contribution < 1.29 is 23.4 Å². The predicted octanol–water partition coefficient (Wildman–Crippen LogP) is 3.60. The van der Waals surface area contributed by atoms with E-state index in [2.05, 4.69) is 20.2 Å². The highest BCUT2D eigenvalue weighted by Crippen LogP contribution is 2.30. The predicted molar refractivity (Wildman–Crippen MR) is 134 cm³/mol. The number of halogens is 1. The Morgan fingerprint density at radius 3 is 2.69 bits per heavy atom. The van der Waals surface area contributed by atoms with Gasteiger partial charge in [0.1, 0.15) is 23.7 Å². The summed E-state index contributed by atoms with van der Waals surface area (Å²) in [5.41, 5.74) is 2.66. The standard InChI is InChI=1S/C27H29FN4O4/c1-17-10-19(5-6-22(17)28)31-27-21-12-18(24(34-2)13-23(21)29-16-30-27)11-20(33)4-3-7-32-14-25-26(15-32)36-9-8-35-25/h3-6,10,12-13,16,25-26H,7-9,11,14-15H2,1-2H3,(H,29,30,31)/b4-3+/t25-,26+. The van der Waals surface area contributed by atoms with E-state index < -0.39 is 0 Å². The molecular weight excluding hydrogens is 463 g/mol. The summed E-state index contributed by atoms with van der Waals surface area (Å²) in [6, 6.07) is 8.46. The van der Waals surface area contributed by atoms with Gasteiger partial charge in [0.05, 0.1) is 38.0 Å². The van der Waals surface area contributed by atoms with Crippen LogP contribution in [0, 0.1) is 12.7 Å². The number of aryl methyl sites for hydroxylation is 1. The molecule has 188 valence electrons. The fraction of sp³-hybridized carbons (Fsp3) is 0.370. The van der Waals surface area contributed by atoms with Crippen LogP contribution in [0.1, 0.15) is 11.1 Å². The third kappa shape index (κ3) is 5.38. The smallest absolute Gasteiger partial charge is 0.159 e.